The molecule has 0 fully saturated rings. The maximum Gasteiger partial charge on any atom is 0.0830 e. The first kappa shape index (κ1) is 15.5. The van der Waals surface area contributed by atoms with Crippen molar-refractivity contribution in [2.45, 2.75) is 12.5 Å². The van der Waals surface area contributed by atoms with Crippen LogP contribution in [0.3, 0.4) is 0 Å². The third-order valence-corrected chi connectivity index (χ3v) is 3.37. The van der Waals surface area contributed by atoms with Crippen LogP contribution in [0.4, 0.5) is 0 Å². The van der Waals surface area contributed by atoms with Crippen LogP contribution in [0.1, 0.15) is 22.8 Å². The highest BCUT2D eigenvalue weighted by Crippen LogP contribution is 2.19. The lowest BCUT2D eigenvalue weighted by Gasteiger charge is -2.11. The molecule has 110 valence electrons. The average Bonchev–Trinajstić information content (AvgIpc) is 2.48. The van der Waals surface area contributed by atoms with Gasteiger partial charge in [0, 0.05) is 13.0 Å². The third-order valence-electron chi connectivity index (χ3n) is 3.37. The van der Waals surface area contributed by atoms with Crippen molar-refractivity contribution < 1.29 is 5.11 Å². The lowest BCUT2D eigenvalue weighted by atomic mass is 10.0. The Labute approximate surface area is 127 Å². The van der Waals surface area contributed by atoms with Crippen molar-refractivity contribution in [1.82, 2.24) is 4.90 Å². The molecule has 1 atom stereocenters. The van der Waals surface area contributed by atoms with Crippen LogP contribution in [0.2, 0.25) is 0 Å². The van der Waals surface area contributed by atoms with Crippen molar-refractivity contribution in [2.24, 2.45) is 0 Å². The molecule has 0 spiro atoms. The van der Waals surface area contributed by atoms with E-state index >= 15 is 0 Å². The minimum Gasteiger partial charge on any atom is -0.388 e. The van der Waals surface area contributed by atoms with Gasteiger partial charge < -0.3 is 10.0 Å². The zero-order valence-electron chi connectivity index (χ0n) is 12.7. The Morgan fingerprint density at radius 3 is 2.29 bits per heavy atom. The summed E-state index contributed by atoms with van der Waals surface area (Å²) in [6.07, 6.45) is 4.44. The summed E-state index contributed by atoms with van der Waals surface area (Å²) in [4.78, 5) is 2.12. The van der Waals surface area contributed by atoms with Crippen LogP contribution in [0.25, 0.3) is 6.08 Å². The first-order valence-electron chi connectivity index (χ1n) is 7.28. The highest BCUT2D eigenvalue weighted by atomic mass is 16.3. The minimum absolute atomic E-state index is 0.452. The van der Waals surface area contributed by atoms with E-state index in [0.29, 0.717) is 6.42 Å². The Morgan fingerprint density at radius 1 is 1.00 bits per heavy atom. The van der Waals surface area contributed by atoms with Crippen molar-refractivity contribution in [3.8, 4) is 0 Å². The monoisotopic (exact) mass is 281 g/mol. The molecule has 2 nitrogen and oxygen atoms in total. The second-order valence-corrected chi connectivity index (χ2v) is 5.54. The minimum atomic E-state index is -0.452. The molecular weight excluding hydrogens is 258 g/mol. The maximum absolute atomic E-state index is 10.3. The van der Waals surface area contributed by atoms with Gasteiger partial charge in [0.1, 0.15) is 0 Å². The van der Waals surface area contributed by atoms with Crippen molar-refractivity contribution in [1.29, 1.82) is 0 Å². The summed E-state index contributed by atoms with van der Waals surface area (Å²) in [5.74, 6) is 0. The highest BCUT2D eigenvalue weighted by Gasteiger charge is 2.07. The fourth-order valence-electron chi connectivity index (χ4n) is 2.18. The largest absolute Gasteiger partial charge is 0.388 e. The summed E-state index contributed by atoms with van der Waals surface area (Å²) in [5.41, 5.74) is 3.27. The average molecular weight is 281 g/mol. The summed E-state index contributed by atoms with van der Waals surface area (Å²) in [7, 11) is 4.10. The first-order chi connectivity index (χ1) is 10.1. The molecule has 0 aliphatic rings. The molecule has 2 rings (SSSR count). The third kappa shape index (κ3) is 5.18. The van der Waals surface area contributed by atoms with E-state index in [4.69, 9.17) is 0 Å². The van der Waals surface area contributed by atoms with Crippen LogP contribution < -0.4 is 0 Å². The molecule has 0 saturated carbocycles. The van der Waals surface area contributed by atoms with Crippen molar-refractivity contribution in [2.75, 3.05) is 20.6 Å². The predicted molar refractivity (Wildman–Crippen MR) is 89.1 cm³/mol. The topological polar surface area (TPSA) is 23.5 Å². The molecule has 0 amide bonds. The number of nitrogens with zero attached hydrogens (tertiary/aromatic N) is 1. The number of benzene rings is 2. The molecule has 21 heavy (non-hydrogen) atoms. The van der Waals surface area contributed by atoms with Gasteiger partial charge in [0.2, 0.25) is 0 Å². The van der Waals surface area contributed by atoms with E-state index in [9.17, 15) is 5.11 Å². The Hall–Kier alpha value is -1.90. The maximum atomic E-state index is 10.3. The van der Waals surface area contributed by atoms with Gasteiger partial charge in [-0.2, -0.15) is 0 Å². The highest BCUT2D eigenvalue weighted by molar-refractivity contribution is 5.50. The van der Waals surface area contributed by atoms with Crippen LogP contribution in [-0.4, -0.2) is 30.6 Å². The van der Waals surface area contributed by atoms with E-state index < -0.39 is 6.10 Å². The number of aliphatic hydroxyl groups excluding tert-OH is 1. The first-order valence-corrected chi connectivity index (χ1v) is 7.28. The second-order valence-electron chi connectivity index (χ2n) is 5.54. The van der Waals surface area contributed by atoms with Crippen LogP contribution in [0.5, 0.6) is 0 Å². The summed E-state index contributed by atoms with van der Waals surface area (Å²) in [5, 5.41) is 10.3. The SMILES string of the molecule is CN(C)CC=Cc1ccc(C(O)Cc2ccccc2)cc1. The summed E-state index contributed by atoms with van der Waals surface area (Å²) < 4.78 is 0. The van der Waals surface area contributed by atoms with E-state index in [2.05, 4.69) is 29.2 Å². The summed E-state index contributed by atoms with van der Waals surface area (Å²) in [6, 6.07) is 18.2. The number of hydrogen-bond donors (Lipinski definition) is 1. The van der Waals surface area contributed by atoms with Gasteiger partial charge in [-0.15, -0.1) is 0 Å². The molecule has 0 heterocycles. The zero-order chi connectivity index (χ0) is 15.1. The predicted octanol–water partition coefficient (Wildman–Crippen LogP) is 3.54. The van der Waals surface area contributed by atoms with Gasteiger partial charge >= 0.3 is 0 Å². The number of likely N-dealkylation sites (N-methyl/N-ethyl adjacent to an activating group) is 1. The number of aliphatic hydroxyl groups is 1. The van der Waals surface area contributed by atoms with Gasteiger partial charge in [-0.25, -0.2) is 0 Å². The second kappa shape index (κ2) is 7.77. The molecule has 2 aromatic carbocycles. The molecule has 0 bridgehead atoms. The normalized spacial score (nSPS) is 13.0. The molecule has 2 heteroatoms. The standard InChI is InChI=1S/C19H23NO/c1-20(2)14-6-9-16-10-12-18(13-11-16)19(21)15-17-7-4-3-5-8-17/h3-13,19,21H,14-15H2,1-2H3. The molecule has 1 N–H and O–H groups in total. The summed E-state index contributed by atoms with van der Waals surface area (Å²) >= 11 is 0. The van der Waals surface area contributed by atoms with Crippen LogP contribution in [0, 0.1) is 0 Å². The molecule has 2 aromatic rings. The Kier molecular flexibility index (Phi) is 5.73. The van der Waals surface area contributed by atoms with E-state index in [-0.39, 0.29) is 0 Å². The Bertz CT molecular complexity index is 558. The van der Waals surface area contributed by atoms with Gasteiger partial charge in [-0.3, -0.25) is 0 Å². The summed E-state index contributed by atoms with van der Waals surface area (Å²) in [6.45, 7) is 0.929. The van der Waals surface area contributed by atoms with Gasteiger partial charge in [0.15, 0.2) is 0 Å². The van der Waals surface area contributed by atoms with Crippen LogP contribution in [0.15, 0.2) is 60.7 Å². The van der Waals surface area contributed by atoms with E-state index in [1.54, 1.807) is 0 Å². The Balaban J connectivity index is 1.96. The van der Waals surface area contributed by atoms with Crippen molar-refractivity contribution in [3.63, 3.8) is 0 Å². The lowest BCUT2D eigenvalue weighted by molar-refractivity contribution is 0.178. The Morgan fingerprint density at radius 2 is 1.67 bits per heavy atom. The lowest BCUT2D eigenvalue weighted by Crippen LogP contribution is -2.10. The van der Waals surface area contributed by atoms with E-state index in [1.165, 1.54) is 0 Å². The molecule has 0 radical (unpaired) electrons. The smallest absolute Gasteiger partial charge is 0.0830 e. The van der Waals surface area contributed by atoms with Crippen molar-refractivity contribution >= 4 is 6.08 Å². The molecule has 0 aliphatic heterocycles. The van der Waals surface area contributed by atoms with Crippen molar-refractivity contribution in [3.05, 3.63) is 77.4 Å². The molecule has 0 aliphatic carbocycles. The number of rotatable bonds is 6. The quantitative estimate of drug-likeness (QED) is 0.875. The fourth-order valence-corrected chi connectivity index (χ4v) is 2.18. The van der Waals surface area contributed by atoms with Crippen LogP contribution in [-0.2, 0) is 6.42 Å². The van der Waals surface area contributed by atoms with Gasteiger partial charge in [-0.05, 0) is 30.8 Å². The fraction of sp³-hybridized carbons (Fsp3) is 0.263. The van der Waals surface area contributed by atoms with E-state index in [1.807, 2.05) is 56.6 Å². The van der Waals surface area contributed by atoms with E-state index in [0.717, 1.165) is 23.2 Å². The van der Waals surface area contributed by atoms with Gasteiger partial charge in [-0.1, -0.05) is 66.7 Å². The zero-order valence-corrected chi connectivity index (χ0v) is 12.7. The molecule has 0 aromatic heterocycles. The van der Waals surface area contributed by atoms with Crippen LogP contribution >= 0.6 is 0 Å². The number of hydrogen-bond acceptors (Lipinski definition) is 2. The molecule has 0 saturated heterocycles. The molecule has 1 unspecified atom stereocenters. The van der Waals surface area contributed by atoms with Gasteiger partial charge in [0.05, 0.1) is 6.10 Å². The van der Waals surface area contributed by atoms with Gasteiger partial charge in [0.25, 0.3) is 0 Å². The molecular formula is C19H23NO.